The minimum atomic E-state index is -0.645. The van der Waals surface area contributed by atoms with Gasteiger partial charge in [0.1, 0.15) is 6.61 Å². The number of hydrogen-bond acceptors (Lipinski definition) is 4. The normalized spacial score (nSPS) is 15.4. The van der Waals surface area contributed by atoms with Crippen molar-refractivity contribution in [3.8, 4) is 5.88 Å². The van der Waals surface area contributed by atoms with Crippen LogP contribution in [0.2, 0.25) is 10.0 Å². The van der Waals surface area contributed by atoms with Crippen LogP contribution >= 0.6 is 23.2 Å². The number of rotatable bonds is 8. The molecule has 1 aromatic heterocycles. The first kappa shape index (κ1) is 20.9. The summed E-state index contributed by atoms with van der Waals surface area (Å²) in [5.41, 5.74) is 0.810. The van der Waals surface area contributed by atoms with Gasteiger partial charge < -0.3 is 14.8 Å². The largest absolute Gasteiger partial charge is 0.475 e. The highest BCUT2D eigenvalue weighted by Crippen LogP contribution is 2.45. The molecule has 0 bridgehead atoms. The minimum Gasteiger partial charge on any atom is -0.475 e. The molecule has 5 nitrogen and oxygen atoms in total. The second-order valence-electron chi connectivity index (χ2n) is 6.80. The molecule has 28 heavy (non-hydrogen) atoms. The summed E-state index contributed by atoms with van der Waals surface area (Å²) in [5, 5.41) is 4.09. The molecule has 0 unspecified atom stereocenters. The number of carbonyl (C=O) groups is 1. The van der Waals surface area contributed by atoms with E-state index in [1.54, 1.807) is 30.5 Å². The second-order valence-corrected chi connectivity index (χ2v) is 7.64. The van der Waals surface area contributed by atoms with E-state index in [-0.39, 0.29) is 5.91 Å². The van der Waals surface area contributed by atoms with Gasteiger partial charge in [0.15, 0.2) is 0 Å². The van der Waals surface area contributed by atoms with Crippen LogP contribution in [0, 0.1) is 0 Å². The predicted octanol–water partition coefficient (Wildman–Crippen LogP) is 5.25. The molecule has 3 rings (SSSR count). The molecule has 0 atom stereocenters. The lowest BCUT2D eigenvalue weighted by Gasteiger charge is -2.29. The molecule has 1 aliphatic rings. The third-order valence-electron chi connectivity index (χ3n) is 5.01. The van der Waals surface area contributed by atoms with E-state index >= 15 is 0 Å². The van der Waals surface area contributed by atoms with Crippen molar-refractivity contribution in [2.75, 3.05) is 25.1 Å². The van der Waals surface area contributed by atoms with Crippen molar-refractivity contribution >= 4 is 34.8 Å². The van der Waals surface area contributed by atoms with Crippen molar-refractivity contribution in [1.29, 1.82) is 0 Å². The van der Waals surface area contributed by atoms with Crippen LogP contribution in [0.5, 0.6) is 5.88 Å². The Morgan fingerprint density at radius 3 is 2.61 bits per heavy atom. The van der Waals surface area contributed by atoms with Crippen LogP contribution in [0.1, 0.15) is 38.2 Å². The number of aromatic nitrogens is 1. The fourth-order valence-corrected chi connectivity index (χ4v) is 4.20. The summed E-state index contributed by atoms with van der Waals surface area (Å²) in [6.07, 6.45) is 5.08. The number of amides is 1. The topological polar surface area (TPSA) is 60.5 Å². The average Bonchev–Trinajstić information content (AvgIpc) is 3.17. The molecule has 1 saturated carbocycles. The summed E-state index contributed by atoms with van der Waals surface area (Å²) in [6, 6.07) is 8.86. The highest BCUT2D eigenvalue weighted by atomic mass is 35.5. The van der Waals surface area contributed by atoms with Gasteiger partial charge in [-0.1, -0.05) is 42.1 Å². The number of nitrogens with zero attached hydrogens (tertiary/aromatic N) is 1. The molecule has 0 spiro atoms. The molecular weight excluding hydrogens is 399 g/mol. The summed E-state index contributed by atoms with van der Waals surface area (Å²) < 4.78 is 10.7. The van der Waals surface area contributed by atoms with E-state index in [1.165, 1.54) is 0 Å². The molecule has 1 N–H and O–H groups in total. The molecule has 1 aliphatic carbocycles. The zero-order valence-corrected chi connectivity index (χ0v) is 17.4. The molecule has 150 valence electrons. The Kier molecular flexibility index (Phi) is 7.16. The van der Waals surface area contributed by atoms with E-state index in [0.29, 0.717) is 41.4 Å². The number of nitrogens with one attached hydrogen (secondary N) is 1. The van der Waals surface area contributed by atoms with Crippen molar-refractivity contribution in [3.63, 3.8) is 0 Å². The van der Waals surface area contributed by atoms with Gasteiger partial charge in [-0.2, -0.15) is 0 Å². The monoisotopic (exact) mass is 422 g/mol. The minimum absolute atomic E-state index is 0.0685. The van der Waals surface area contributed by atoms with Crippen LogP contribution in [0.4, 0.5) is 5.69 Å². The summed E-state index contributed by atoms with van der Waals surface area (Å²) in [6.45, 7) is 3.54. The summed E-state index contributed by atoms with van der Waals surface area (Å²) in [7, 11) is 0. The Balaban J connectivity index is 1.71. The van der Waals surface area contributed by atoms with Crippen molar-refractivity contribution in [3.05, 3.63) is 52.1 Å². The molecule has 0 aliphatic heterocycles. The van der Waals surface area contributed by atoms with E-state index in [0.717, 1.165) is 31.2 Å². The average molecular weight is 423 g/mol. The van der Waals surface area contributed by atoms with Gasteiger partial charge in [0.2, 0.25) is 11.8 Å². The van der Waals surface area contributed by atoms with E-state index in [9.17, 15) is 4.79 Å². The zero-order chi connectivity index (χ0) is 20.0. The Bertz CT molecular complexity index is 806. The Hall–Kier alpha value is -1.82. The number of hydrogen-bond donors (Lipinski definition) is 1. The first-order valence-corrected chi connectivity index (χ1v) is 10.2. The zero-order valence-electron chi connectivity index (χ0n) is 15.8. The van der Waals surface area contributed by atoms with E-state index in [1.807, 2.05) is 13.0 Å². The first-order chi connectivity index (χ1) is 13.5. The van der Waals surface area contributed by atoms with E-state index in [4.69, 9.17) is 32.7 Å². The number of benzene rings is 1. The third kappa shape index (κ3) is 4.77. The van der Waals surface area contributed by atoms with Crippen LogP contribution in [0.3, 0.4) is 0 Å². The molecule has 7 heteroatoms. The van der Waals surface area contributed by atoms with Crippen molar-refractivity contribution in [1.82, 2.24) is 4.98 Å². The van der Waals surface area contributed by atoms with Crippen molar-refractivity contribution < 1.29 is 14.3 Å². The number of pyridine rings is 1. The maximum absolute atomic E-state index is 13.2. The van der Waals surface area contributed by atoms with Gasteiger partial charge >= 0.3 is 0 Å². The van der Waals surface area contributed by atoms with Crippen molar-refractivity contribution in [2.45, 2.75) is 38.0 Å². The van der Waals surface area contributed by atoms with Crippen LogP contribution < -0.4 is 10.1 Å². The van der Waals surface area contributed by atoms with E-state index < -0.39 is 5.41 Å². The number of ether oxygens (including phenoxy) is 2. The highest BCUT2D eigenvalue weighted by molar-refractivity contribution is 6.35. The van der Waals surface area contributed by atoms with Gasteiger partial charge in [0.05, 0.1) is 23.9 Å². The quantitative estimate of drug-likeness (QED) is 0.589. The highest BCUT2D eigenvalue weighted by Gasteiger charge is 2.44. The maximum Gasteiger partial charge on any atom is 0.235 e. The smallest absolute Gasteiger partial charge is 0.235 e. The van der Waals surface area contributed by atoms with Crippen LogP contribution in [0.25, 0.3) is 0 Å². The van der Waals surface area contributed by atoms with Gasteiger partial charge in [0, 0.05) is 22.7 Å². The Labute approximate surface area is 175 Å². The van der Waals surface area contributed by atoms with Gasteiger partial charge in [-0.25, -0.2) is 4.98 Å². The Morgan fingerprint density at radius 2 is 1.96 bits per heavy atom. The standard InChI is InChI=1S/C21H24Cl2N2O3/c1-2-27-11-12-28-19-8-6-16(14-24-19)25-20(26)21(9-3-4-10-21)17-7-5-15(22)13-18(17)23/h5-8,13-14H,2-4,9-12H2,1H3,(H,25,26). The molecule has 0 saturated heterocycles. The number of halogens is 2. The molecule has 2 aromatic rings. The van der Waals surface area contributed by atoms with Gasteiger partial charge in [0.25, 0.3) is 0 Å². The summed E-state index contributed by atoms with van der Waals surface area (Å²) >= 11 is 12.5. The SMILES string of the molecule is CCOCCOc1ccc(NC(=O)C2(c3ccc(Cl)cc3Cl)CCCC2)cn1. The summed E-state index contributed by atoms with van der Waals surface area (Å²) in [5.74, 6) is 0.426. The fraction of sp³-hybridized carbons (Fsp3) is 0.429. The predicted molar refractivity (Wildman–Crippen MR) is 111 cm³/mol. The van der Waals surface area contributed by atoms with Crippen molar-refractivity contribution in [2.24, 2.45) is 0 Å². The molecule has 1 amide bonds. The molecule has 1 fully saturated rings. The van der Waals surface area contributed by atoms with Gasteiger partial charge in [-0.05, 0) is 43.5 Å². The van der Waals surface area contributed by atoms with Crippen LogP contribution in [-0.4, -0.2) is 30.7 Å². The number of anilines is 1. The van der Waals surface area contributed by atoms with Gasteiger partial charge in [-0.3, -0.25) is 4.79 Å². The van der Waals surface area contributed by atoms with Crippen LogP contribution in [-0.2, 0) is 14.9 Å². The molecule has 1 heterocycles. The second kappa shape index (κ2) is 9.59. The maximum atomic E-state index is 13.2. The third-order valence-corrected chi connectivity index (χ3v) is 5.56. The lowest BCUT2D eigenvalue weighted by molar-refractivity contribution is -0.121. The summed E-state index contributed by atoms with van der Waals surface area (Å²) in [4.78, 5) is 17.5. The molecule has 1 aromatic carbocycles. The van der Waals surface area contributed by atoms with E-state index in [2.05, 4.69) is 10.3 Å². The number of carbonyl (C=O) groups excluding carboxylic acids is 1. The fourth-order valence-electron chi connectivity index (χ4n) is 3.61. The lowest BCUT2D eigenvalue weighted by Crippen LogP contribution is -2.38. The molecular formula is C21H24Cl2N2O3. The Morgan fingerprint density at radius 1 is 1.18 bits per heavy atom. The first-order valence-electron chi connectivity index (χ1n) is 9.49. The lowest BCUT2D eigenvalue weighted by atomic mass is 9.78. The van der Waals surface area contributed by atoms with Crippen LogP contribution in [0.15, 0.2) is 36.5 Å². The molecule has 0 radical (unpaired) electrons. The van der Waals surface area contributed by atoms with Gasteiger partial charge in [-0.15, -0.1) is 0 Å².